The van der Waals surface area contributed by atoms with Crippen LogP contribution in [0.5, 0.6) is 0 Å². The maximum Gasteiger partial charge on any atom is 0.0543 e. The molecule has 0 aromatic heterocycles. The Morgan fingerprint density at radius 2 is 1.59 bits per heavy atom. The molecule has 0 saturated heterocycles. The Bertz CT molecular complexity index is 630. The molecular formula is C28H48O. The fourth-order valence-corrected chi connectivity index (χ4v) is 9.11. The summed E-state index contributed by atoms with van der Waals surface area (Å²) in [7, 11) is 0. The molecule has 0 spiro atoms. The first kappa shape index (κ1) is 21.9. The van der Waals surface area contributed by atoms with Gasteiger partial charge in [-0.3, -0.25) is 0 Å². The summed E-state index contributed by atoms with van der Waals surface area (Å²) >= 11 is 0. The summed E-state index contributed by atoms with van der Waals surface area (Å²) in [5.74, 6) is 5.49. The highest BCUT2D eigenvalue weighted by Crippen LogP contribution is 2.68. The molecule has 0 amide bonds. The van der Waals surface area contributed by atoms with Gasteiger partial charge >= 0.3 is 0 Å². The van der Waals surface area contributed by atoms with E-state index < -0.39 is 0 Å². The predicted molar refractivity (Wildman–Crippen MR) is 124 cm³/mol. The Labute approximate surface area is 181 Å². The molecule has 0 aliphatic heterocycles. The van der Waals surface area contributed by atoms with E-state index in [1.54, 1.807) is 5.57 Å². The van der Waals surface area contributed by atoms with Crippen LogP contribution in [0.25, 0.3) is 0 Å². The molecule has 4 aliphatic rings. The molecule has 29 heavy (non-hydrogen) atoms. The van der Waals surface area contributed by atoms with Gasteiger partial charge in [0.25, 0.3) is 0 Å². The van der Waals surface area contributed by atoms with Gasteiger partial charge in [-0.1, -0.05) is 31.9 Å². The summed E-state index contributed by atoms with van der Waals surface area (Å²) in [5, 5.41) is 10.3. The predicted octanol–water partition coefficient (Wildman–Crippen LogP) is 7.78. The number of fused-ring (bicyclic) bond motifs is 5. The maximum absolute atomic E-state index is 10.3. The summed E-state index contributed by atoms with van der Waals surface area (Å²) in [6.45, 7) is 14.8. The van der Waals surface area contributed by atoms with E-state index in [0.717, 1.165) is 48.3 Å². The minimum Gasteiger partial charge on any atom is -0.393 e. The second-order valence-electron chi connectivity index (χ2n) is 12.6. The summed E-state index contributed by atoms with van der Waals surface area (Å²) < 4.78 is 0. The van der Waals surface area contributed by atoms with Crippen LogP contribution in [-0.4, -0.2) is 11.2 Å². The Balaban J connectivity index is 1.48. The highest BCUT2D eigenvalue weighted by molar-refractivity contribution is 5.10. The van der Waals surface area contributed by atoms with Crippen molar-refractivity contribution in [3.63, 3.8) is 0 Å². The number of allylic oxidation sites excluding steroid dienone is 2. The van der Waals surface area contributed by atoms with Crippen molar-refractivity contribution >= 4 is 0 Å². The number of aliphatic hydroxyl groups is 1. The number of aliphatic hydroxyl groups excluding tert-OH is 1. The van der Waals surface area contributed by atoms with Crippen molar-refractivity contribution < 1.29 is 5.11 Å². The van der Waals surface area contributed by atoms with Gasteiger partial charge in [-0.25, -0.2) is 0 Å². The Hall–Kier alpha value is -0.300. The first-order valence-corrected chi connectivity index (χ1v) is 13.0. The Kier molecular flexibility index (Phi) is 6.04. The van der Waals surface area contributed by atoms with E-state index in [1.807, 2.05) is 0 Å². The second-order valence-corrected chi connectivity index (χ2v) is 12.6. The molecule has 0 radical (unpaired) electrons. The summed E-state index contributed by atoms with van der Waals surface area (Å²) in [5.41, 5.74) is 4.26. The van der Waals surface area contributed by atoms with Crippen molar-refractivity contribution in [1.82, 2.24) is 0 Å². The number of hydrogen-bond donors (Lipinski definition) is 1. The van der Waals surface area contributed by atoms with Crippen LogP contribution in [0, 0.1) is 46.3 Å². The van der Waals surface area contributed by atoms with Crippen LogP contribution >= 0.6 is 0 Å². The van der Waals surface area contributed by atoms with Crippen LogP contribution in [0.2, 0.25) is 0 Å². The lowest BCUT2D eigenvalue weighted by Gasteiger charge is -2.61. The minimum atomic E-state index is -0.0144. The smallest absolute Gasteiger partial charge is 0.0543 e. The first-order chi connectivity index (χ1) is 13.7. The van der Waals surface area contributed by atoms with E-state index in [4.69, 9.17) is 0 Å². The van der Waals surface area contributed by atoms with E-state index in [2.05, 4.69) is 41.5 Å². The third-order valence-electron chi connectivity index (χ3n) is 11.2. The van der Waals surface area contributed by atoms with Crippen LogP contribution in [-0.2, 0) is 0 Å². The van der Waals surface area contributed by atoms with Gasteiger partial charge in [-0.15, -0.1) is 0 Å². The van der Waals surface area contributed by atoms with Gasteiger partial charge in [0, 0.05) is 0 Å². The second kappa shape index (κ2) is 7.99. The fourth-order valence-electron chi connectivity index (χ4n) is 9.11. The zero-order valence-corrected chi connectivity index (χ0v) is 20.3. The van der Waals surface area contributed by atoms with E-state index in [1.165, 1.54) is 63.4 Å². The molecule has 4 aliphatic carbocycles. The monoisotopic (exact) mass is 400 g/mol. The third-order valence-corrected chi connectivity index (χ3v) is 11.2. The van der Waals surface area contributed by atoms with Crippen molar-refractivity contribution in [2.24, 2.45) is 46.3 Å². The molecule has 1 heteroatoms. The lowest BCUT2D eigenvalue weighted by Crippen LogP contribution is -2.54. The molecule has 0 bridgehead atoms. The summed E-state index contributed by atoms with van der Waals surface area (Å²) in [6.07, 6.45) is 14.9. The number of hydrogen-bond acceptors (Lipinski definition) is 1. The number of rotatable bonds is 4. The first-order valence-electron chi connectivity index (χ1n) is 13.0. The average molecular weight is 401 g/mol. The molecule has 1 N–H and O–H groups in total. The van der Waals surface area contributed by atoms with Crippen molar-refractivity contribution in [2.45, 2.75) is 118 Å². The molecule has 0 heterocycles. The van der Waals surface area contributed by atoms with Gasteiger partial charge in [0.2, 0.25) is 0 Å². The van der Waals surface area contributed by atoms with Crippen molar-refractivity contribution in [1.29, 1.82) is 0 Å². The van der Waals surface area contributed by atoms with E-state index >= 15 is 0 Å². The molecule has 4 saturated carbocycles. The largest absolute Gasteiger partial charge is 0.393 e. The lowest BCUT2D eigenvalue weighted by atomic mass is 9.44. The van der Waals surface area contributed by atoms with Crippen LogP contribution in [0.1, 0.15) is 112 Å². The van der Waals surface area contributed by atoms with Crippen molar-refractivity contribution in [3.8, 4) is 0 Å². The van der Waals surface area contributed by atoms with Crippen LogP contribution in [0.4, 0.5) is 0 Å². The molecule has 1 nitrogen and oxygen atoms in total. The molecule has 0 unspecified atom stereocenters. The van der Waals surface area contributed by atoms with Crippen LogP contribution < -0.4 is 0 Å². The Morgan fingerprint density at radius 3 is 2.31 bits per heavy atom. The summed E-state index contributed by atoms with van der Waals surface area (Å²) in [4.78, 5) is 0. The summed E-state index contributed by atoms with van der Waals surface area (Å²) in [6, 6.07) is 0. The molecule has 0 aromatic carbocycles. The molecular weight excluding hydrogens is 352 g/mol. The quantitative estimate of drug-likeness (QED) is 0.478. The van der Waals surface area contributed by atoms with Crippen molar-refractivity contribution in [2.75, 3.05) is 0 Å². The molecule has 9 atom stereocenters. The van der Waals surface area contributed by atoms with E-state index in [-0.39, 0.29) is 6.10 Å². The standard InChI is InChI=1S/C28H48O/c1-18(2)19(3)7-8-20(4)24-11-12-25-23-10-9-21-17-22(29)13-15-27(21,5)26(23)14-16-28(24,25)6/h20-26,29H,7-17H2,1-6H3/t20-,21+,22+,23+,24-,25+,26+,27+,28-/m1/s1. The minimum absolute atomic E-state index is 0.0144. The molecule has 4 rings (SSSR count). The van der Waals surface area contributed by atoms with E-state index in [9.17, 15) is 5.11 Å². The highest BCUT2D eigenvalue weighted by atomic mass is 16.3. The average Bonchev–Trinajstić information content (AvgIpc) is 3.03. The van der Waals surface area contributed by atoms with Gasteiger partial charge < -0.3 is 5.11 Å². The third kappa shape index (κ3) is 3.66. The van der Waals surface area contributed by atoms with Gasteiger partial charge in [-0.2, -0.15) is 0 Å². The maximum atomic E-state index is 10.3. The van der Waals surface area contributed by atoms with Crippen molar-refractivity contribution in [3.05, 3.63) is 11.1 Å². The molecule has 0 aromatic rings. The van der Waals surface area contributed by atoms with E-state index in [0.29, 0.717) is 10.8 Å². The molecule has 166 valence electrons. The fraction of sp³-hybridized carbons (Fsp3) is 0.929. The zero-order chi connectivity index (χ0) is 21.0. The van der Waals surface area contributed by atoms with Gasteiger partial charge in [0.05, 0.1) is 6.10 Å². The molecule has 4 fully saturated rings. The lowest BCUT2D eigenvalue weighted by molar-refractivity contribution is -0.129. The van der Waals surface area contributed by atoms with Gasteiger partial charge in [0.15, 0.2) is 0 Å². The SMILES string of the molecule is CC(C)=C(C)CC[C@@H](C)[C@H]1CC[C@H]2[C@@H]3CC[C@H]4C[C@@H](O)CC[C@]4(C)[C@H]3CC[C@]12C. The normalized spacial score (nSPS) is 47.7. The highest BCUT2D eigenvalue weighted by Gasteiger charge is 2.60. The van der Waals surface area contributed by atoms with Crippen LogP contribution in [0.15, 0.2) is 11.1 Å². The zero-order valence-electron chi connectivity index (χ0n) is 20.3. The topological polar surface area (TPSA) is 20.2 Å². The van der Waals surface area contributed by atoms with Gasteiger partial charge in [-0.05, 0) is 138 Å². The Morgan fingerprint density at radius 1 is 0.897 bits per heavy atom. The van der Waals surface area contributed by atoms with Gasteiger partial charge in [0.1, 0.15) is 0 Å². The van der Waals surface area contributed by atoms with Crippen LogP contribution in [0.3, 0.4) is 0 Å².